The normalized spacial score (nSPS) is 12.9. The Hall–Kier alpha value is -1.06. The van der Waals surface area contributed by atoms with E-state index in [0.717, 1.165) is 18.1 Å². The third kappa shape index (κ3) is 2.30. The predicted octanol–water partition coefficient (Wildman–Crippen LogP) is 3.35. The summed E-state index contributed by atoms with van der Waals surface area (Å²) in [5, 5.41) is 7.68. The molecule has 0 bridgehead atoms. The Balaban J connectivity index is 2.27. The molecule has 2 aromatic heterocycles. The van der Waals surface area contributed by atoms with Crippen LogP contribution >= 0.6 is 11.3 Å². The van der Waals surface area contributed by atoms with Gasteiger partial charge in [-0.1, -0.05) is 6.92 Å². The summed E-state index contributed by atoms with van der Waals surface area (Å²) in [7, 11) is 0. The highest BCUT2D eigenvalue weighted by atomic mass is 32.1. The monoisotopic (exact) mass is 221 g/mol. The summed E-state index contributed by atoms with van der Waals surface area (Å²) >= 11 is 1.71. The van der Waals surface area contributed by atoms with Gasteiger partial charge in [0.1, 0.15) is 11.5 Å². The van der Waals surface area contributed by atoms with Crippen LogP contribution in [0.2, 0.25) is 0 Å². The van der Waals surface area contributed by atoms with Crippen molar-refractivity contribution in [3.8, 4) is 0 Å². The van der Waals surface area contributed by atoms with E-state index in [0.29, 0.717) is 0 Å². The van der Waals surface area contributed by atoms with Crippen molar-refractivity contribution in [1.82, 2.24) is 5.32 Å². The van der Waals surface area contributed by atoms with Gasteiger partial charge in [-0.3, -0.25) is 0 Å². The van der Waals surface area contributed by atoms with Gasteiger partial charge < -0.3 is 9.73 Å². The van der Waals surface area contributed by atoms with Gasteiger partial charge in [0, 0.05) is 0 Å². The first kappa shape index (κ1) is 10.5. The molecular formula is C12H15NOS. The quantitative estimate of drug-likeness (QED) is 0.856. The standard InChI is InChI=1S/C12H15NOS/c1-3-13-12(10-6-7-15-8-10)11-5-4-9(2)14-11/h4-8,12-13H,3H2,1-2H3. The van der Waals surface area contributed by atoms with E-state index in [1.54, 1.807) is 11.3 Å². The van der Waals surface area contributed by atoms with E-state index in [4.69, 9.17) is 4.42 Å². The number of hydrogen-bond donors (Lipinski definition) is 1. The fraction of sp³-hybridized carbons (Fsp3) is 0.333. The first-order valence-corrected chi connectivity index (χ1v) is 6.07. The number of rotatable bonds is 4. The Labute approximate surface area is 93.9 Å². The van der Waals surface area contributed by atoms with Crippen LogP contribution in [0, 0.1) is 6.92 Å². The summed E-state index contributed by atoms with van der Waals surface area (Å²) in [5.41, 5.74) is 1.27. The molecule has 0 aliphatic heterocycles. The van der Waals surface area contributed by atoms with E-state index in [9.17, 15) is 0 Å². The van der Waals surface area contributed by atoms with Crippen molar-refractivity contribution in [3.63, 3.8) is 0 Å². The fourth-order valence-corrected chi connectivity index (χ4v) is 2.32. The molecule has 0 amide bonds. The van der Waals surface area contributed by atoms with Gasteiger partial charge in [0.2, 0.25) is 0 Å². The molecule has 2 aromatic rings. The van der Waals surface area contributed by atoms with Crippen LogP contribution < -0.4 is 5.32 Å². The molecule has 0 aliphatic rings. The minimum Gasteiger partial charge on any atom is -0.464 e. The second-order valence-corrected chi connectivity index (χ2v) is 4.28. The topological polar surface area (TPSA) is 25.2 Å². The van der Waals surface area contributed by atoms with Crippen molar-refractivity contribution in [2.24, 2.45) is 0 Å². The van der Waals surface area contributed by atoms with Gasteiger partial charge in [-0.25, -0.2) is 0 Å². The summed E-state index contributed by atoms with van der Waals surface area (Å²) in [5.74, 6) is 1.95. The van der Waals surface area contributed by atoms with E-state index >= 15 is 0 Å². The van der Waals surface area contributed by atoms with Gasteiger partial charge in [0.15, 0.2) is 0 Å². The maximum Gasteiger partial charge on any atom is 0.125 e. The van der Waals surface area contributed by atoms with Crippen LogP contribution in [0.25, 0.3) is 0 Å². The smallest absolute Gasteiger partial charge is 0.125 e. The van der Waals surface area contributed by atoms with E-state index in [-0.39, 0.29) is 6.04 Å². The molecule has 2 heterocycles. The number of furan rings is 1. The second kappa shape index (κ2) is 4.64. The lowest BCUT2D eigenvalue weighted by Crippen LogP contribution is -2.20. The lowest BCUT2D eigenvalue weighted by atomic mass is 10.1. The minimum absolute atomic E-state index is 0.190. The Morgan fingerprint density at radius 1 is 1.40 bits per heavy atom. The van der Waals surface area contributed by atoms with Crippen molar-refractivity contribution < 1.29 is 4.42 Å². The average molecular weight is 221 g/mol. The molecule has 0 spiro atoms. The van der Waals surface area contributed by atoms with Crippen LogP contribution in [0.5, 0.6) is 0 Å². The van der Waals surface area contributed by atoms with Crippen molar-refractivity contribution in [2.75, 3.05) is 6.54 Å². The first-order chi connectivity index (χ1) is 7.31. The maximum atomic E-state index is 5.66. The Morgan fingerprint density at radius 3 is 2.80 bits per heavy atom. The van der Waals surface area contributed by atoms with E-state index in [2.05, 4.69) is 29.1 Å². The molecule has 80 valence electrons. The zero-order valence-electron chi connectivity index (χ0n) is 8.99. The van der Waals surface area contributed by atoms with Crippen LogP contribution in [-0.4, -0.2) is 6.54 Å². The SMILES string of the molecule is CCNC(c1ccsc1)c1ccc(C)o1. The van der Waals surface area contributed by atoms with Gasteiger partial charge in [0.25, 0.3) is 0 Å². The Bertz CT molecular complexity index is 405. The minimum atomic E-state index is 0.190. The summed E-state index contributed by atoms with van der Waals surface area (Å²) < 4.78 is 5.66. The zero-order chi connectivity index (χ0) is 10.7. The van der Waals surface area contributed by atoms with Crippen LogP contribution in [-0.2, 0) is 0 Å². The molecule has 0 saturated heterocycles. The number of nitrogens with one attached hydrogen (secondary N) is 1. The molecule has 0 aliphatic carbocycles. The van der Waals surface area contributed by atoms with Gasteiger partial charge in [-0.2, -0.15) is 11.3 Å². The second-order valence-electron chi connectivity index (χ2n) is 3.50. The molecule has 2 nitrogen and oxygen atoms in total. The number of aryl methyl sites for hydroxylation is 1. The van der Waals surface area contributed by atoms with Crippen molar-refractivity contribution in [1.29, 1.82) is 0 Å². The zero-order valence-corrected chi connectivity index (χ0v) is 9.80. The Morgan fingerprint density at radius 2 is 2.27 bits per heavy atom. The predicted molar refractivity (Wildman–Crippen MR) is 63.3 cm³/mol. The largest absolute Gasteiger partial charge is 0.464 e. The molecule has 1 N–H and O–H groups in total. The van der Waals surface area contributed by atoms with Crippen LogP contribution in [0.1, 0.15) is 30.0 Å². The molecule has 3 heteroatoms. The van der Waals surface area contributed by atoms with Gasteiger partial charge in [-0.05, 0) is 48.0 Å². The number of hydrogen-bond acceptors (Lipinski definition) is 3. The van der Waals surface area contributed by atoms with Crippen LogP contribution in [0.3, 0.4) is 0 Å². The van der Waals surface area contributed by atoms with Gasteiger partial charge >= 0.3 is 0 Å². The number of thiophene rings is 1. The summed E-state index contributed by atoms with van der Waals surface area (Å²) in [6.45, 7) is 5.01. The van der Waals surface area contributed by atoms with E-state index < -0.39 is 0 Å². The van der Waals surface area contributed by atoms with Crippen molar-refractivity contribution >= 4 is 11.3 Å². The summed E-state index contributed by atoms with van der Waals surface area (Å²) in [6, 6.07) is 6.37. The molecule has 0 aromatic carbocycles. The highest BCUT2D eigenvalue weighted by Crippen LogP contribution is 2.25. The van der Waals surface area contributed by atoms with Crippen LogP contribution in [0.4, 0.5) is 0 Å². The van der Waals surface area contributed by atoms with Gasteiger partial charge in [0.05, 0.1) is 6.04 Å². The summed E-state index contributed by atoms with van der Waals surface area (Å²) in [4.78, 5) is 0. The highest BCUT2D eigenvalue weighted by molar-refractivity contribution is 7.08. The summed E-state index contributed by atoms with van der Waals surface area (Å²) in [6.07, 6.45) is 0. The molecule has 0 saturated carbocycles. The molecule has 0 radical (unpaired) electrons. The molecule has 1 atom stereocenters. The highest BCUT2D eigenvalue weighted by Gasteiger charge is 2.16. The molecule has 0 fully saturated rings. The molecule has 1 unspecified atom stereocenters. The maximum absolute atomic E-state index is 5.66. The molecule has 15 heavy (non-hydrogen) atoms. The van der Waals surface area contributed by atoms with E-state index in [1.165, 1.54) is 5.56 Å². The third-order valence-corrected chi connectivity index (χ3v) is 3.03. The van der Waals surface area contributed by atoms with Crippen molar-refractivity contribution in [2.45, 2.75) is 19.9 Å². The lowest BCUT2D eigenvalue weighted by Gasteiger charge is -2.13. The van der Waals surface area contributed by atoms with Crippen LogP contribution in [0.15, 0.2) is 33.4 Å². The Kier molecular flexibility index (Phi) is 3.23. The molecule has 2 rings (SSSR count). The fourth-order valence-electron chi connectivity index (χ4n) is 1.63. The third-order valence-electron chi connectivity index (χ3n) is 2.33. The van der Waals surface area contributed by atoms with E-state index in [1.807, 2.05) is 19.1 Å². The average Bonchev–Trinajstić information content (AvgIpc) is 2.85. The lowest BCUT2D eigenvalue weighted by molar-refractivity contribution is 0.435. The van der Waals surface area contributed by atoms with Gasteiger partial charge in [-0.15, -0.1) is 0 Å². The first-order valence-electron chi connectivity index (χ1n) is 5.13. The van der Waals surface area contributed by atoms with Crippen molar-refractivity contribution in [3.05, 3.63) is 46.0 Å². The molecular weight excluding hydrogens is 206 g/mol.